The van der Waals surface area contributed by atoms with Gasteiger partial charge in [0.1, 0.15) is 0 Å². The summed E-state index contributed by atoms with van der Waals surface area (Å²) in [5, 5.41) is 1.04. The Bertz CT molecular complexity index is 1190. The second kappa shape index (κ2) is 9.14. The van der Waals surface area contributed by atoms with Gasteiger partial charge in [0, 0.05) is 29.3 Å². The van der Waals surface area contributed by atoms with Crippen molar-refractivity contribution in [3.8, 4) is 0 Å². The van der Waals surface area contributed by atoms with E-state index in [2.05, 4.69) is 31.0 Å². The number of aromatic nitrogens is 2. The molecule has 4 rings (SSSR count). The van der Waals surface area contributed by atoms with Crippen LogP contribution in [0.1, 0.15) is 38.3 Å². The van der Waals surface area contributed by atoms with Crippen molar-refractivity contribution in [2.75, 3.05) is 13.1 Å². The summed E-state index contributed by atoms with van der Waals surface area (Å²) in [6.07, 6.45) is 1.56. The number of aromatic amines is 1. The first-order valence-electron chi connectivity index (χ1n) is 10.7. The molecule has 1 aliphatic heterocycles. The Morgan fingerprint density at radius 2 is 1.74 bits per heavy atom. The Balaban J connectivity index is 1.41. The van der Waals surface area contributed by atoms with Crippen molar-refractivity contribution in [2.24, 2.45) is 0 Å². The molecule has 1 saturated heterocycles. The number of hydrogen-bond donors (Lipinski definition) is 1. The lowest BCUT2D eigenvalue weighted by Gasteiger charge is -2.32. The van der Waals surface area contributed by atoms with Crippen molar-refractivity contribution in [2.45, 2.75) is 49.3 Å². The van der Waals surface area contributed by atoms with Gasteiger partial charge in [-0.3, -0.25) is 14.2 Å². The zero-order valence-electron chi connectivity index (χ0n) is 17.8. The van der Waals surface area contributed by atoms with Crippen molar-refractivity contribution >= 4 is 28.6 Å². The van der Waals surface area contributed by atoms with Gasteiger partial charge >= 0.3 is 5.69 Å². The first kappa shape index (κ1) is 21.4. The second-order valence-electron chi connectivity index (χ2n) is 8.25. The number of fused-ring (bicyclic) bond motifs is 1. The lowest BCUT2D eigenvalue weighted by molar-refractivity contribution is -0.131. The quantitative estimate of drug-likeness (QED) is 0.619. The van der Waals surface area contributed by atoms with Gasteiger partial charge in [-0.2, -0.15) is 0 Å². The number of para-hydroxylation sites is 1. The van der Waals surface area contributed by atoms with Gasteiger partial charge in [0.15, 0.2) is 0 Å². The smallest absolute Gasteiger partial charge is 0.329 e. The largest absolute Gasteiger partial charge is 0.342 e. The van der Waals surface area contributed by atoms with E-state index in [1.165, 1.54) is 9.46 Å². The highest BCUT2D eigenvalue weighted by molar-refractivity contribution is 7.99. The highest BCUT2D eigenvalue weighted by atomic mass is 32.2. The number of carbonyl (C=O) groups excluding carboxylic acids is 1. The van der Waals surface area contributed by atoms with Crippen LogP contribution < -0.4 is 11.2 Å². The number of amides is 1. The van der Waals surface area contributed by atoms with Crippen LogP contribution in [0.4, 0.5) is 0 Å². The molecular formula is C24H27N3O3S. The molecule has 0 spiro atoms. The number of benzene rings is 2. The number of likely N-dealkylation sites (tertiary alicyclic amines) is 1. The number of thioether (sulfide) groups is 1. The normalized spacial score (nSPS) is 15.0. The third kappa shape index (κ3) is 4.77. The Hall–Kier alpha value is -2.80. The van der Waals surface area contributed by atoms with E-state index in [0.29, 0.717) is 48.5 Å². The molecule has 0 bridgehead atoms. The minimum Gasteiger partial charge on any atom is -0.342 e. The Morgan fingerprint density at radius 1 is 1.06 bits per heavy atom. The summed E-state index contributed by atoms with van der Waals surface area (Å²) in [5.74, 6) is 0.0856. The van der Waals surface area contributed by atoms with E-state index in [9.17, 15) is 14.4 Å². The minimum absolute atomic E-state index is 0.0856. The van der Waals surface area contributed by atoms with Crippen LogP contribution in [0.15, 0.2) is 63.0 Å². The third-order valence-electron chi connectivity index (χ3n) is 5.67. The van der Waals surface area contributed by atoms with Gasteiger partial charge in [0.2, 0.25) is 5.91 Å². The maximum Gasteiger partial charge on any atom is 0.329 e. The average molecular weight is 438 g/mol. The molecule has 0 atom stereocenters. The third-order valence-corrected chi connectivity index (χ3v) is 6.69. The topological polar surface area (TPSA) is 75.2 Å². The van der Waals surface area contributed by atoms with E-state index in [1.54, 1.807) is 36.0 Å². The Labute approximate surface area is 185 Å². The number of rotatable bonds is 5. The highest BCUT2D eigenvalue weighted by Crippen LogP contribution is 2.24. The van der Waals surface area contributed by atoms with Crippen LogP contribution in [0.5, 0.6) is 0 Å². The molecule has 1 N–H and O–H groups in total. The molecule has 0 saturated carbocycles. The number of hydrogen-bond acceptors (Lipinski definition) is 4. The fraction of sp³-hybridized carbons (Fsp3) is 0.375. The van der Waals surface area contributed by atoms with E-state index in [0.717, 1.165) is 5.56 Å². The SMILES string of the molecule is CC(C)Sc1ccc(CC(=O)N2CCC(n3c(=O)[nH]c4ccccc4c3=O)CC2)cc1. The molecule has 1 amide bonds. The fourth-order valence-corrected chi connectivity index (χ4v) is 4.96. The molecule has 1 aromatic heterocycles. The van der Waals surface area contributed by atoms with Crippen LogP contribution in [0.25, 0.3) is 10.9 Å². The zero-order valence-corrected chi connectivity index (χ0v) is 18.7. The minimum atomic E-state index is -0.382. The molecule has 0 aliphatic carbocycles. The van der Waals surface area contributed by atoms with Gasteiger partial charge < -0.3 is 9.88 Å². The summed E-state index contributed by atoms with van der Waals surface area (Å²) in [7, 11) is 0. The predicted molar refractivity (Wildman–Crippen MR) is 125 cm³/mol. The first-order valence-corrected chi connectivity index (χ1v) is 11.6. The zero-order chi connectivity index (χ0) is 22.0. The van der Waals surface area contributed by atoms with Gasteiger partial charge in [0.05, 0.1) is 17.3 Å². The molecule has 0 unspecified atom stereocenters. The van der Waals surface area contributed by atoms with E-state index >= 15 is 0 Å². The van der Waals surface area contributed by atoms with Crippen LogP contribution in [0, 0.1) is 0 Å². The summed E-state index contributed by atoms with van der Waals surface area (Å²) in [5.41, 5.74) is 0.915. The van der Waals surface area contributed by atoms with Gasteiger partial charge in [-0.25, -0.2) is 4.79 Å². The lowest BCUT2D eigenvalue weighted by atomic mass is 10.0. The van der Waals surface area contributed by atoms with Crippen molar-refractivity contribution in [1.82, 2.24) is 14.5 Å². The monoisotopic (exact) mass is 437 g/mol. The molecular weight excluding hydrogens is 410 g/mol. The van der Waals surface area contributed by atoms with Gasteiger partial charge in [-0.15, -0.1) is 11.8 Å². The molecule has 162 valence electrons. The highest BCUT2D eigenvalue weighted by Gasteiger charge is 2.26. The average Bonchev–Trinajstić information content (AvgIpc) is 2.75. The number of nitrogens with zero attached hydrogens (tertiary/aromatic N) is 2. The molecule has 3 aromatic rings. The molecule has 0 radical (unpaired) electrons. The van der Waals surface area contributed by atoms with Gasteiger partial charge in [-0.05, 0) is 42.7 Å². The van der Waals surface area contributed by atoms with E-state index in [1.807, 2.05) is 17.0 Å². The number of piperidine rings is 1. The Kier molecular flexibility index (Phi) is 6.32. The molecule has 1 aliphatic rings. The van der Waals surface area contributed by atoms with Crippen LogP contribution in [-0.2, 0) is 11.2 Å². The predicted octanol–water partition coefficient (Wildman–Crippen LogP) is 3.60. The summed E-state index contributed by atoms with van der Waals surface area (Å²) >= 11 is 1.80. The summed E-state index contributed by atoms with van der Waals surface area (Å²) in [6.45, 7) is 5.41. The summed E-state index contributed by atoms with van der Waals surface area (Å²) < 4.78 is 1.33. The second-order valence-corrected chi connectivity index (χ2v) is 9.90. The van der Waals surface area contributed by atoms with Gasteiger partial charge in [0.25, 0.3) is 5.56 Å². The first-order chi connectivity index (χ1) is 14.9. The maximum atomic E-state index is 12.9. The van der Waals surface area contributed by atoms with Crippen molar-refractivity contribution in [3.05, 3.63) is 74.9 Å². The molecule has 2 heterocycles. The van der Waals surface area contributed by atoms with Crippen molar-refractivity contribution in [1.29, 1.82) is 0 Å². The van der Waals surface area contributed by atoms with Crippen LogP contribution >= 0.6 is 11.8 Å². The molecule has 1 fully saturated rings. The summed E-state index contributed by atoms with van der Waals surface area (Å²) in [6, 6.07) is 15.0. The Morgan fingerprint density at radius 3 is 2.42 bits per heavy atom. The number of carbonyl (C=O) groups is 1. The van der Waals surface area contributed by atoms with Crippen LogP contribution in [-0.4, -0.2) is 38.7 Å². The van der Waals surface area contributed by atoms with Crippen LogP contribution in [0.3, 0.4) is 0 Å². The number of nitrogens with one attached hydrogen (secondary N) is 1. The van der Waals surface area contributed by atoms with Crippen molar-refractivity contribution in [3.63, 3.8) is 0 Å². The van der Waals surface area contributed by atoms with Crippen LogP contribution in [0.2, 0.25) is 0 Å². The van der Waals surface area contributed by atoms with Gasteiger partial charge in [-0.1, -0.05) is 38.1 Å². The van der Waals surface area contributed by atoms with Crippen molar-refractivity contribution < 1.29 is 4.79 Å². The summed E-state index contributed by atoms with van der Waals surface area (Å²) in [4.78, 5) is 44.0. The standard InChI is InChI=1S/C24H27N3O3S/c1-16(2)31-19-9-7-17(8-10-19)15-22(28)26-13-11-18(12-14-26)27-23(29)20-5-3-4-6-21(20)25-24(27)30/h3-10,16,18H,11-15H2,1-2H3,(H,25,30). The fourth-order valence-electron chi connectivity index (χ4n) is 4.13. The lowest BCUT2D eigenvalue weighted by Crippen LogP contribution is -2.45. The molecule has 7 heteroatoms. The van der Waals surface area contributed by atoms with E-state index in [-0.39, 0.29) is 23.2 Å². The maximum absolute atomic E-state index is 12.9. The van der Waals surface area contributed by atoms with E-state index < -0.39 is 0 Å². The van der Waals surface area contributed by atoms with E-state index in [4.69, 9.17) is 0 Å². The molecule has 31 heavy (non-hydrogen) atoms. The molecule has 6 nitrogen and oxygen atoms in total. The molecule has 2 aromatic carbocycles. The number of H-pyrrole nitrogens is 1.